The molecule has 0 aromatic heterocycles. The number of anilines is 1. The van der Waals surface area contributed by atoms with Gasteiger partial charge in [-0.1, -0.05) is 72.1 Å². The second kappa shape index (κ2) is 19.0. The molecule has 40 heavy (non-hydrogen) atoms. The maximum absolute atomic E-state index is 12.6. The van der Waals surface area contributed by atoms with Crippen molar-refractivity contribution in [3.05, 3.63) is 81.9 Å². The van der Waals surface area contributed by atoms with Gasteiger partial charge in [-0.3, -0.25) is 4.79 Å². The normalized spacial score (nSPS) is 13.7. The Balaban J connectivity index is 0.000000469. The molecule has 0 aliphatic carbocycles. The highest BCUT2D eigenvalue weighted by Gasteiger charge is 2.16. The van der Waals surface area contributed by atoms with E-state index in [4.69, 9.17) is 28.5 Å². The molecule has 3 rings (SSSR count). The summed E-state index contributed by atoms with van der Waals surface area (Å²) < 4.78 is 0. The molecule has 0 bridgehead atoms. The Morgan fingerprint density at radius 3 is 2.38 bits per heavy atom. The van der Waals surface area contributed by atoms with Gasteiger partial charge in [-0.25, -0.2) is 0 Å². The van der Waals surface area contributed by atoms with Gasteiger partial charge < -0.3 is 19.9 Å². The fraction of sp³-hybridized carbons (Fsp3) is 0.406. The van der Waals surface area contributed by atoms with E-state index >= 15 is 0 Å². The summed E-state index contributed by atoms with van der Waals surface area (Å²) in [4.78, 5) is 27.7. The Morgan fingerprint density at radius 2 is 1.77 bits per heavy atom. The fourth-order valence-electron chi connectivity index (χ4n) is 4.33. The summed E-state index contributed by atoms with van der Waals surface area (Å²) >= 11 is 11.4. The Hall–Kier alpha value is -3.11. The van der Waals surface area contributed by atoms with Crippen molar-refractivity contribution >= 4 is 46.7 Å². The van der Waals surface area contributed by atoms with Crippen LogP contribution < -0.4 is 5.32 Å². The van der Waals surface area contributed by atoms with Crippen LogP contribution in [0.1, 0.15) is 50.2 Å². The second-order valence-electron chi connectivity index (χ2n) is 9.65. The summed E-state index contributed by atoms with van der Waals surface area (Å²) in [6, 6.07) is 15.7. The molecular formula is C32H40Cl2N4O2. The number of allylic oxidation sites excluding steroid dienone is 4. The van der Waals surface area contributed by atoms with Crippen LogP contribution in [0.25, 0.3) is 5.57 Å². The highest BCUT2D eigenvalue weighted by atomic mass is 35.5. The molecule has 0 spiro atoms. The number of benzene rings is 2. The maximum atomic E-state index is 12.6. The van der Waals surface area contributed by atoms with E-state index in [2.05, 4.69) is 40.6 Å². The van der Waals surface area contributed by atoms with Gasteiger partial charge in [0.25, 0.3) is 0 Å². The molecule has 0 unspecified atom stereocenters. The SMILES string of the molecule is C/C(=C\C=C/CC#N)c1ccc(CCN(CC=O)C(=O)CCN2CCCCC2)cc1.CNc1cc(Cl)cc(Cl)c1. The number of carbonyl (C=O) groups is 2. The fourth-order valence-corrected chi connectivity index (χ4v) is 4.85. The highest BCUT2D eigenvalue weighted by Crippen LogP contribution is 2.21. The summed E-state index contributed by atoms with van der Waals surface area (Å²) in [6.07, 6.45) is 11.9. The Bertz CT molecular complexity index is 1150. The van der Waals surface area contributed by atoms with Crippen LogP contribution in [0.5, 0.6) is 0 Å². The molecule has 1 aliphatic rings. The lowest BCUT2D eigenvalue weighted by Gasteiger charge is -2.27. The van der Waals surface area contributed by atoms with Crippen molar-refractivity contribution in [2.45, 2.75) is 45.4 Å². The van der Waals surface area contributed by atoms with Crippen LogP contribution in [0.4, 0.5) is 5.69 Å². The average Bonchev–Trinajstić information content (AvgIpc) is 2.96. The minimum Gasteiger partial charge on any atom is -0.388 e. The second-order valence-corrected chi connectivity index (χ2v) is 10.5. The first kappa shape index (κ1) is 33.1. The molecule has 1 fully saturated rings. The summed E-state index contributed by atoms with van der Waals surface area (Å²) in [5, 5.41) is 12.8. The lowest BCUT2D eigenvalue weighted by atomic mass is 10.0. The molecule has 2 aromatic rings. The van der Waals surface area contributed by atoms with Gasteiger partial charge in [0.2, 0.25) is 5.91 Å². The number of aldehydes is 1. The molecule has 6 nitrogen and oxygen atoms in total. The number of rotatable bonds is 12. The van der Waals surface area contributed by atoms with Crippen LogP contribution in [-0.2, 0) is 16.0 Å². The topological polar surface area (TPSA) is 76.4 Å². The highest BCUT2D eigenvalue weighted by molar-refractivity contribution is 6.35. The molecule has 0 radical (unpaired) electrons. The van der Waals surface area contributed by atoms with Crippen molar-refractivity contribution in [3.8, 4) is 6.07 Å². The predicted octanol–water partition coefficient (Wildman–Crippen LogP) is 7.04. The molecule has 1 amide bonds. The minimum absolute atomic E-state index is 0.0622. The molecule has 1 heterocycles. The third-order valence-corrected chi connectivity index (χ3v) is 7.10. The molecule has 2 aromatic carbocycles. The number of nitriles is 1. The van der Waals surface area contributed by atoms with E-state index in [-0.39, 0.29) is 12.5 Å². The number of nitrogens with one attached hydrogen (secondary N) is 1. The van der Waals surface area contributed by atoms with Gasteiger partial charge in [0.15, 0.2) is 0 Å². The van der Waals surface area contributed by atoms with E-state index in [1.165, 1.54) is 19.3 Å². The zero-order valence-corrected chi connectivity index (χ0v) is 25.1. The first-order valence-electron chi connectivity index (χ1n) is 13.7. The molecule has 0 saturated carbocycles. The molecule has 214 valence electrons. The largest absolute Gasteiger partial charge is 0.388 e. The molecule has 1 saturated heterocycles. The molecular weight excluding hydrogens is 543 g/mol. The summed E-state index contributed by atoms with van der Waals surface area (Å²) in [6.45, 7) is 5.71. The van der Waals surface area contributed by atoms with Crippen molar-refractivity contribution in [2.75, 3.05) is 45.1 Å². The first-order valence-corrected chi connectivity index (χ1v) is 14.5. The Kier molecular flexibility index (Phi) is 15.8. The molecule has 1 aliphatic heterocycles. The van der Waals surface area contributed by atoms with Crippen molar-refractivity contribution in [2.24, 2.45) is 0 Å². The van der Waals surface area contributed by atoms with E-state index in [1.54, 1.807) is 11.0 Å². The van der Waals surface area contributed by atoms with Crippen LogP contribution in [0.2, 0.25) is 10.0 Å². The van der Waals surface area contributed by atoms with Crippen molar-refractivity contribution in [3.63, 3.8) is 0 Å². The number of hydrogen-bond acceptors (Lipinski definition) is 5. The number of nitrogens with zero attached hydrogens (tertiary/aromatic N) is 3. The van der Waals surface area contributed by atoms with E-state index in [9.17, 15) is 9.59 Å². The standard InChI is InChI=1S/C25H33N3O2.C7H7Cl2N/c1-22(8-4-2-5-15-26)24-11-9-23(10-12-24)13-19-28(20-21-29)25(30)14-18-27-16-6-3-7-17-27;1-10-7-3-5(8)2-6(9)4-7/h2,4,8-12,21H,3,5-7,13-14,16-20H2,1H3;2-4,10H,1H3/b4-2-,22-8+;. The number of halogens is 2. The van der Waals surface area contributed by atoms with Crippen LogP contribution in [0.15, 0.2) is 60.7 Å². The van der Waals surface area contributed by atoms with Crippen LogP contribution in [0.3, 0.4) is 0 Å². The van der Waals surface area contributed by atoms with Gasteiger partial charge in [-0.2, -0.15) is 5.26 Å². The van der Waals surface area contributed by atoms with Gasteiger partial charge >= 0.3 is 0 Å². The van der Waals surface area contributed by atoms with Gasteiger partial charge in [0.1, 0.15) is 6.29 Å². The Labute approximate surface area is 249 Å². The minimum atomic E-state index is 0.0622. The van der Waals surface area contributed by atoms with Gasteiger partial charge in [0, 0.05) is 42.3 Å². The van der Waals surface area contributed by atoms with Gasteiger partial charge in [-0.05, 0) is 74.2 Å². The average molecular weight is 584 g/mol. The van der Waals surface area contributed by atoms with Crippen LogP contribution >= 0.6 is 23.2 Å². The summed E-state index contributed by atoms with van der Waals surface area (Å²) in [5.74, 6) is 0.0622. The zero-order chi connectivity index (χ0) is 29.2. The number of carbonyl (C=O) groups excluding carboxylic acids is 2. The third-order valence-electron chi connectivity index (χ3n) is 6.66. The molecule has 1 N–H and O–H groups in total. The lowest BCUT2D eigenvalue weighted by molar-refractivity contribution is -0.133. The lowest BCUT2D eigenvalue weighted by Crippen LogP contribution is -2.38. The van der Waals surface area contributed by atoms with Crippen molar-refractivity contribution in [1.82, 2.24) is 9.80 Å². The van der Waals surface area contributed by atoms with Crippen LogP contribution in [0, 0.1) is 11.3 Å². The zero-order valence-electron chi connectivity index (χ0n) is 23.5. The summed E-state index contributed by atoms with van der Waals surface area (Å²) in [5.41, 5.74) is 4.33. The van der Waals surface area contributed by atoms with E-state index in [1.807, 2.05) is 44.3 Å². The van der Waals surface area contributed by atoms with E-state index in [0.29, 0.717) is 29.4 Å². The van der Waals surface area contributed by atoms with Gasteiger partial charge in [0.05, 0.1) is 19.0 Å². The van der Waals surface area contributed by atoms with Crippen molar-refractivity contribution in [1.29, 1.82) is 5.26 Å². The van der Waals surface area contributed by atoms with E-state index in [0.717, 1.165) is 54.7 Å². The number of amides is 1. The maximum Gasteiger partial charge on any atom is 0.224 e. The molecule has 8 heteroatoms. The smallest absolute Gasteiger partial charge is 0.224 e. The summed E-state index contributed by atoms with van der Waals surface area (Å²) in [7, 11) is 1.82. The first-order chi connectivity index (χ1) is 19.4. The third kappa shape index (κ3) is 12.8. The monoisotopic (exact) mass is 582 g/mol. The number of likely N-dealkylation sites (tertiary alicyclic amines) is 1. The van der Waals surface area contributed by atoms with Crippen LogP contribution in [-0.4, -0.2) is 61.8 Å². The predicted molar refractivity (Wildman–Crippen MR) is 167 cm³/mol. The van der Waals surface area contributed by atoms with Gasteiger partial charge in [-0.15, -0.1) is 0 Å². The quantitative estimate of drug-likeness (QED) is 0.214. The van der Waals surface area contributed by atoms with Crippen molar-refractivity contribution < 1.29 is 9.59 Å². The Morgan fingerprint density at radius 1 is 1.10 bits per heavy atom. The number of piperidine rings is 1. The molecule has 0 atom stereocenters. The number of hydrogen-bond donors (Lipinski definition) is 1. The van der Waals surface area contributed by atoms with E-state index < -0.39 is 0 Å².